The van der Waals surface area contributed by atoms with Gasteiger partial charge in [-0.15, -0.1) is 0 Å². The average molecular weight is 554 g/mol. The van der Waals surface area contributed by atoms with Crippen molar-refractivity contribution in [3.63, 3.8) is 0 Å². The highest BCUT2D eigenvalue weighted by Crippen LogP contribution is 2.38. The van der Waals surface area contributed by atoms with Gasteiger partial charge in [0, 0.05) is 38.2 Å². The molecule has 1 aromatic rings. The van der Waals surface area contributed by atoms with Crippen LogP contribution in [-0.4, -0.2) is 87.9 Å². The fourth-order valence-electron chi connectivity index (χ4n) is 3.81. The Morgan fingerprint density at radius 2 is 1.67 bits per heavy atom. The average Bonchev–Trinajstić information content (AvgIpc) is 2.86. The number of carbonyl (C=O) groups excluding carboxylic acids is 4. The maximum absolute atomic E-state index is 12.9. The summed E-state index contributed by atoms with van der Waals surface area (Å²) in [6, 6.07) is 2.77. The van der Waals surface area contributed by atoms with Crippen molar-refractivity contribution in [2.75, 3.05) is 41.0 Å². The third kappa shape index (κ3) is 10.1. The molecule has 13 nitrogen and oxygen atoms in total. The molecule has 2 N–H and O–H groups in total. The molecule has 3 amide bonds. The Morgan fingerprint density at radius 1 is 1.03 bits per heavy atom. The van der Waals surface area contributed by atoms with Crippen molar-refractivity contribution in [1.82, 2.24) is 15.5 Å². The number of nitrogens with one attached hydrogen (secondary N) is 2. The van der Waals surface area contributed by atoms with Gasteiger partial charge in [0.2, 0.25) is 12.0 Å². The van der Waals surface area contributed by atoms with E-state index in [4.69, 9.17) is 28.4 Å². The van der Waals surface area contributed by atoms with E-state index in [1.807, 2.05) is 0 Å². The molecule has 1 fully saturated rings. The summed E-state index contributed by atoms with van der Waals surface area (Å²) in [4.78, 5) is 50.7. The molecule has 0 saturated carbocycles. The summed E-state index contributed by atoms with van der Waals surface area (Å²) >= 11 is 0. The van der Waals surface area contributed by atoms with Crippen molar-refractivity contribution in [2.45, 2.75) is 64.9 Å². The lowest BCUT2D eigenvalue weighted by atomic mass is 10.1. The van der Waals surface area contributed by atoms with E-state index in [0.717, 1.165) is 0 Å². The van der Waals surface area contributed by atoms with E-state index in [2.05, 4.69) is 10.6 Å². The van der Waals surface area contributed by atoms with Crippen molar-refractivity contribution >= 4 is 24.1 Å². The molecule has 1 aliphatic heterocycles. The minimum atomic E-state index is -1.14. The van der Waals surface area contributed by atoms with E-state index in [1.165, 1.54) is 33.2 Å². The van der Waals surface area contributed by atoms with Crippen molar-refractivity contribution in [1.29, 1.82) is 0 Å². The normalized spacial score (nSPS) is 15.9. The van der Waals surface area contributed by atoms with E-state index in [9.17, 15) is 19.2 Å². The van der Waals surface area contributed by atoms with E-state index in [0.29, 0.717) is 42.2 Å². The van der Waals surface area contributed by atoms with Crippen molar-refractivity contribution < 1.29 is 47.6 Å². The minimum Gasteiger partial charge on any atom is -0.493 e. The monoisotopic (exact) mass is 553 g/mol. The first kappa shape index (κ1) is 31.3. The van der Waals surface area contributed by atoms with Crippen molar-refractivity contribution in [2.24, 2.45) is 0 Å². The lowest BCUT2D eigenvalue weighted by Gasteiger charge is -2.33. The zero-order valence-electron chi connectivity index (χ0n) is 23.6. The largest absolute Gasteiger partial charge is 0.493 e. The Morgan fingerprint density at radius 3 is 2.23 bits per heavy atom. The third-order valence-electron chi connectivity index (χ3n) is 5.50. The van der Waals surface area contributed by atoms with Crippen molar-refractivity contribution in [3.8, 4) is 17.2 Å². The number of alkyl carbamates (subject to hydrolysis) is 1. The molecule has 0 radical (unpaired) electrons. The van der Waals surface area contributed by atoms with Gasteiger partial charge in [0.05, 0.1) is 27.8 Å². The number of ether oxygens (including phenoxy) is 6. The highest BCUT2D eigenvalue weighted by molar-refractivity contribution is 5.96. The molecular weight excluding hydrogens is 514 g/mol. The van der Waals surface area contributed by atoms with Crippen LogP contribution in [0.4, 0.5) is 9.59 Å². The number of carbonyl (C=O) groups is 4. The number of benzene rings is 1. The summed E-state index contributed by atoms with van der Waals surface area (Å²) in [5.74, 6) is 0.0505. The van der Waals surface area contributed by atoms with Crippen LogP contribution in [0.5, 0.6) is 17.2 Å². The Kier molecular flexibility index (Phi) is 11.5. The molecule has 1 heterocycles. The summed E-state index contributed by atoms with van der Waals surface area (Å²) in [5, 5.41) is 5.38. The molecule has 0 spiro atoms. The number of likely N-dealkylation sites (tertiary alicyclic amines) is 1. The molecular formula is C26H39N3O10. The molecule has 39 heavy (non-hydrogen) atoms. The summed E-state index contributed by atoms with van der Waals surface area (Å²) in [5.41, 5.74) is -0.341. The Labute approximate surface area is 228 Å². The van der Waals surface area contributed by atoms with E-state index in [-0.39, 0.29) is 31.5 Å². The number of hydrogen-bond acceptors (Lipinski definition) is 10. The molecule has 2 atom stereocenters. The van der Waals surface area contributed by atoms with Crippen LogP contribution in [0, 0.1) is 0 Å². The predicted molar refractivity (Wildman–Crippen MR) is 139 cm³/mol. The van der Waals surface area contributed by atoms with Crippen LogP contribution in [0.1, 0.15) is 57.3 Å². The minimum absolute atomic E-state index is 0.00780. The fraction of sp³-hybridized carbons (Fsp3) is 0.615. The molecule has 0 aromatic heterocycles. The van der Waals surface area contributed by atoms with Gasteiger partial charge in [0.1, 0.15) is 5.60 Å². The second-order valence-electron chi connectivity index (χ2n) is 9.79. The first-order chi connectivity index (χ1) is 18.4. The van der Waals surface area contributed by atoms with E-state index < -0.39 is 30.0 Å². The maximum atomic E-state index is 12.9. The Bertz CT molecular complexity index is 999. The summed E-state index contributed by atoms with van der Waals surface area (Å²) < 4.78 is 31.3. The van der Waals surface area contributed by atoms with Crippen LogP contribution in [0.2, 0.25) is 0 Å². The van der Waals surface area contributed by atoms with E-state index >= 15 is 0 Å². The number of nitrogens with zero attached hydrogens (tertiary/aromatic N) is 1. The standard InChI is InChI=1S/C26H39N3O10/c1-16(37-21(30)10-11-27-24(32)39-26(2,3)4)38-25(33)29-12-8-9-18(15-29)28-23(31)17-13-19(34-5)22(36-7)20(14-17)35-6/h13-14,16,18H,8-12,15H2,1-7H3,(H,27,32)(H,28,31). The van der Waals surface area contributed by atoms with Gasteiger partial charge >= 0.3 is 18.2 Å². The van der Waals surface area contributed by atoms with Gasteiger partial charge in [-0.05, 0) is 45.7 Å². The second kappa shape index (κ2) is 14.3. The molecule has 0 bridgehead atoms. The molecule has 0 aliphatic carbocycles. The van der Waals surface area contributed by atoms with E-state index in [1.54, 1.807) is 32.9 Å². The smallest absolute Gasteiger partial charge is 0.412 e. The number of methoxy groups -OCH3 is 3. The highest BCUT2D eigenvalue weighted by Gasteiger charge is 2.28. The molecule has 2 rings (SSSR count). The molecule has 1 saturated heterocycles. The number of piperidine rings is 1. The van der Waals surface area contributed by atoms with Crippen LogP contribution in [0.25, 0.3) is 0 Å². The van der Waals surface area contributed by atoms with Gasteiger partial charge in [-0.1, -0.05) is 0 Å². The van der Waals surface area contributed by atoms with Gasteiger partial charge in [-0.3, -0.25) is 9.59 Å². The van der Waals surface area contributed by atoms with Crippen LogP contribution < -0.4 is 24.8 Å². The van der Waals surface area contributed by atoms with Crippen LogP contribution in [0.3, 0.4) is 0 Å². The second-order valence-corrected chi connectivity index (χ2v) is 9.79. The topological polar surface area (TPSA) is 151 Å². The zero-order chi connectivity index (χ0) is 29.2. The molecule has 2 unspecified atom stereocenters. The van der Waals surface area contributed by atoms with Gasteiger partial charge in [-0.25, -0.2) is 9.59 Å². The molecule has 1 aliphatic rings. The zero-order valence-corrected chi connectivity index (χ0v) is 23.6. The van der Waals surface area contributed by atoms with Gasteiger partial charge in [0.15, 0.2) is 11.5 Å². The first-order valence-electron chi connectivity index (χ1n) is 12.6. The van der Waals surface area contributed by atoms with Crippen LogP contribution >= 0.6 is 0 Å². The number of amides is 3. The molecule has 218 valence electrons. The quantitative estimate of drug-likeness (QED) is 0.327. The lowest BCUT2D eigenvalue weighted by Crippen LogP contribution is -2.50. The number of hydrogen-bond donors (Lipinski definition) is 2. The van der Waals surface area contributed by atoms with Crippen molar-refractivity contribution in [3.05, 3.63) is 17.7 Å². The summed E-state index contributed by atoms with van der Waals surface area (Å²) in [7, 11) is 4.40. The maximum Gasteiger partial charge on any atom is 0.412 e. The Balaban J connectivity index is 1.84. The first-order valence-corrected chi connectivity index (χ1v) is 12.6. The highest BCUT2D eigenvalue weighted by atomic mass is 16.7. The Hall–Kier alpha value is -3.90. The molecule has 13 heteroatoms. The summed E-state index contributed by atoms with van der Waals surface area (Å²) in [6.07, 6.45) is -1.28. The fourth-order valence-corrected chi connectivity index (χ4v) is 3.81. The number of esters is 1. The SMILES string of the molecule is COc1cc(C(=O)NC2CCCN(C(=O)OC(C)OC(=O)CCNC(=O)OC(C)(C)C)C2)cc(OC)c1OC. The predicted octanol–water partition coefficient (Wildman–Crippen LogP) is 2.85. The number of rotatable bonds is 10. The van der Waals surface area contributed by atoms with Gasteiger partial charge in [-0.2, -0.15) is 0 Å². The lowest BCUT2D eigenvalue weighted by molar-refractivity contribution is -0.166. The van der Waals surface area contributed by atoms with Crippen LogP contribution in [-0.2, 0) is 19.0 Å². The van der Waals surface area contributed by atoms with Crippen LogP contribution in [0.15, 0.2) is 12.1 Å². The molecule has 1 aromatic carbocycles. The van der Waals surface area contributed by atoms with Gasteiger partial charge < -0.3 is 44.0 Å². The summed E-state index contributed by atoms with van der Waals surface area (Å²) in [6.45, 7) is 7.26. The van der Waals surface area contributed by atoms with Gasteiger partial charge in [0.25, 0.3) is 5.91 Å². The third-order valence-corrected chi connectivity index (χ3v) is 5.50.